The van der Waals surface area contributed by atoms with Crippen LogP contribution in [0.1, 0.15) is 32.8 Å². The molecule has 1 aromatic heterocycles. The van der Waals surface area contributed by atoms with Crippen molar-refractivity contribution in [3.8, 4) is 0 Å². The predicted molar refractivity (Wildman–Crippen MR) is 96.0 cm³/mol. The maximum absolute atomic E-state index is 13.3. The Morgan fingerprint density at radius 2 is 1.92 bits per heavy atom. The molecule has 4 nitrogen and oxygen atoms in total. The fraction of sp³-hybridized carbons (Fsp3) is 0.526. The molecule has 1 aliphatic rings. The molecule has 142 valence electrons. The van der Waals surface area contributed by atoms with Gasteiger partial charge in [0.15, 0.2) is 0 Å². The molecule has 1 fully saturated rings. The van der Waals surface area contributed by atoms with Crippen molar-refractivity contribution in [3.05, 3.63) is 36.0 Å². The van der Waals surface area contributed by atoms with Crippen molar-refractivity contribution in [2.45, 2.75) is 45.1 Å². The van der Waals surface area contributed by atoms with E-state index in [1.807, 2.05) is 0 Å². The first-order valence-electron chi connectivity index (χ1n) is 8.74. The lowest BCUT2D eigenvalue weighted by atomic mass is 9.94. The summed E-state index contributed by atoms with van der Waals surface area (Å²) in [4.78, 5) is 6.08. The zero-order valence-corrected chi connectivity index (χ0v) is 15.1. The summed E-state index contributed by atoms with van der Waals surface area (Å²) >= 11 is 0. The van der Waals surface area contributed by atoms with E-state index in [4.69, 9.17) is 0 Å². The minimum Gasteiger partial charge on any atom is -0.376 e. The van der Waals surface area contributed by atoms with Crippen LogP contribution in [0.4, 0.5) is 18.9 Å². The average molecular weight is 367 g/mol. The number of aromatic nitrogens is 1. The van der Waals surface area contributed by atoms with Crippen molar-refractivity contribution in [2.24, 2.45) is 5.92 Å². The molecule has 0 amide bonds. The lowest BCUT2D eigenvalue weighted by Gasteiger charge is -2.41. The number of fused-ring (bicyclic) bond motifs is 1. The Labute approximate surface area is 151 Å². The minimum atomic E-state index is -4.44. The fourth-order valence-corrected chi connectivity index (χ4v) is 3.81. The first kappa shape index (κ1) is 18.9. The highest BCUT2D eigenvalue weighted by atomic mass is 19.4. The van der Waals surface area contributed by atoms with Gasteiger partial charge < -0.3 is 10.0 Å². The van der Waals surface area contributed by atoms with Gasteiger partial charge in [0.1, 0.15) is 5.72 Å². The Balaban J connectivity index is 2.00. The molecule has 0 spiro atoms. The third kappa shape index (κ3) is 4.10. The summed E-state index contributed by atoms with van der Waals surface area (Å²) in [5.74, 6) is 0.345. The van der Waals surface area contributed by atoms with Crippen LogP contribution in [0, 0.1) is 5.92 Å². The summed E-state index contributed by atoms with van der Waals surface area (Å²) in [6.45, 7) is 6.85. The molecule has 0 radical (unpaired) electrons. The van der Waals surface area contributed by atoms with Crippen LogP contribution >= 0.6 is 0 Å². The molecule has 2 atom stereocenters. The highest BCUT2D eigenvalue weighted by Gasteiger charge is 2.35. The standard InChI is InChI=1S/C19H24F3N3O/c1-12-9-13(24-18(2,3)26)11-25(10-12)16-7-6-15(19(20,21)22)17-14(16)5-4-8-23-17/h4-8,12-13,24,26H,9-11H2,1-3H3/t12-,13+/m0/s1. The van der Waals surface area contributed by atoms with E-state index in [1.54, 1.807) is 26.0 Å². The van der Waals surface area contributed by atoms with Crippen molar-refractivity contribution in [3.63, 3.8) is 0 Å². The maximum Gasteiger partial charge on any atom is 0.418 e. The number of hydrogen-bond donors (Lipinski definition) is 2. The molecule has 2 heterocycles. The van der Waals surface area contributed by atoms with Crippen LogP contribution in [0.2, 0.25) is 0 Å². The number of alkyl halides is 3. The van der Waals surface area contributed by atoms with Gasteiger partial charge in [0, 0.05) is 36.4 Å². The topological polar surface area (TPSA) is 48.4 Å². The zero-order valence-electron chi connectivity index (χ0n) is 15.1. The third-order valence-electron chi connectivity index (χ3n) is 4.61. The fourth-order valence-electron chi connectivity index (χ4n) is 3.81. The van der Waals surface area contributed by atoms with E-state index in [1.165, 1.54) is 12.3 Å². The summed E-state index contributed by atoms with van der Waals surface area (Å²) in [5, 5.41) is 13.7. The molecule has 0 saturated carbocycles. The molecule has 0 aliphatic carbocycles. The molecule has 2 N–H and O–H groups in total. The number of piperidine rings is 1. The molecule has 1 saturated heterocycles. The summed E-state index contributed by atoms with van der Waals surface area (Å²) < 4.78 is 39.9. The summed E-state index contributed by atoms with van der Waals surface area (Å²) in [6, 6.07) is 6.04. The number of benzene rings is 1. The zero-order chi connectivity index (χ0) is 19.1. The molecule has 2 aromatic rings. The van der Waals surface area contributed by atoms with E-state index in [2.05, 4.69) is 22.1 Å². The number of pyridine rings is 1. The van der Waals surface area contributed by atoms with Gasteiger partial charge in [-0.1, -0.05) is 6.92 Å². The lowest BCUT2D eigenvalue weighted by molar-refractivity contribution is -0.136. The Kier molecular flexibility index (Phi) is 4.88. The van der Waals surface area contributed by atoms with Gasteiger partial charge in [-0.25, -0.2) is 0 Å². The van der Waals surface area contributed by atoms with Crippen molar-refractivity contribution >= 4 is 16.6 Å². The minimum absolute atomic E-state index is 0.0253. The number of nitrogens with one attached hydrogen (secondary N) is 1. The van der Waals surface area contributed by atoms with Crippen LogP contribution in [0.25, 0.3) is 10.9 Å². The van der Waals surface area contributed by atoms with E-state index in [0.717, 1.165) is 24.7 Å². The number of halogens is 3. The third-order valence-corrected chi connectivity index (χ3v) is 4.61. The number of anilines is 1. The van der Waals surface area contributed by atoms with Crippen LogP contribution in [-0.2, 0) is 6.18 Å². The van der Waals surface area contributed by atoms with Gasteiger partial charge in [-0.2, -0.15) is 13.2 Å². The monoisotopic (exact) mass is 367 g/mol. The van der Waals surface area contributed by atoms with Crippen molar-refractivity contribution < 1.29 is 18.3 Å². The Morgan fingerprint density at radius 1 is 1.19 bits per heavy atom. The van der Waals surface area contributed by atoms with Crippen LogP contribution < -0.4 is 10.2 Å². The van der Waals surface area contributed by atoms with Gasteiger partial charge in [-0.15, -0.1) is 0 Å². The molecule has 3 rings (SSSR count). The molecule has 0 unspecified atom stereocenters. The molecular weight excluding hydrogens is 343 g/mol. The van der Waals surface area contributed by atoms with Gasteiger partial charge in [0.05, 0.1) is 11.1 Å². The van der Waals surface area contributed by atoms with Gasteiger partial charge in [0.2, 0.25) is 0 Å². The SMILES string of the molecule is C[C@H]1C[C@@H](NC(C)(C)O)CN(c2ccc(C(F)(F)F)c3ncccc23)C1. The molecule has 26 heavy (non-hydrogen) atoms. The van der Waals surface area contributed by atoms with Crippen LogP contribution in [0.3, 0.4) is 0 Å². The summed E-state index contributed by atoms with van der Waals surface area (Å²) in [6.07, 6.45) is -2.15. The Bertz CT molecular complexity index is 786. The molecule has 1 aliphatic heterocycles. The average Bonchev–Trinajstić information content (AvgIpc) is 2.50. The van der Waals surface area contributed by atoms with Gasteiger partial charge in [-0.05, 0) is 50.5 Å². The lowest BCUT2D eigenvalue weighted by Crippen LogP contribution is -2.55. The van der Waals surface area contributed by atoms with Crippen LogP contribution in [-0.4, -0.2) is 34.9 Å². The van der Waals surface area contributed by atoms with E-state index >= 15 is 0 Å². The highest BCUT2D eigenvalue weighted by molar-refractivity contribution is 5.94. The van der Waals surface area contributed by atoms with E-state index in [9.17, 15) is 18.3 Å². The Hall–Kier alpha value is -1.86. The molecular formula is C19H24F3N3O. The summed E-state index contributed by atoms with van der Waals surface area (Å²) in [5.41, 5.74) is -0.997. The predicted octanol–water partition coefficient (Wildman–Crippen LogP) is 3.79. The maximum atomic E-state index is 13.3. The highest BCUT2D eigenvalue weighted by Crippen LogP contribution is 2.38. The molecule has 7 heteroatoms. The van der Waals surface area contributed by atoms with Gasteiger partial charge in [0.25, 0.3) is 0 Å². The normalized spacial score (nSPS) is 22.0. The first-order chi connectivity index (χ1) is 12.0. The van der Waals surface area contributed by atoms with Gasteiger partial charge >= 0.3 is 6.18 Å². The number of aliphatic hydroxyl groups is 1. The van der Waals surface area contributed by atoms with E-state index < -0.39 is 17.5 Å². The smallest absolute Gasteiger partial charge is 0.376 e. The largest absolute Gasteiger partial charge is 0.418 e. The van der Waals surface area contributed by atoms with Crippen molar-refractivity contribution in [2.75, 3.05) is 18.0 Å². The van der Waals surface area contributed by atoms with Crippen molar-refractivity contribution in [1.82, 2.24) is 10.3 Å². The second-order valence-electron chi connectivity index (χ2n) is 7.68. The second kappa shape index (κ2) is 6.70. The van der Waals surface area contributed by atoms with E-state index in [0.29, 0.717) is 17.8 Å². The van der Waals surface area contributed by atoms with E-state index in [-0.39, 0.29) is 11.6 Å². The Morgan fingerprint density at radius 3 is 2.58 bits per heavy atom. The quantitative estimate of drug-likeness (QED) is 0.811. The first-order valence-corrected chi connectivity index (χ1v) is 8.74. The van der Waals surface area contributed by atoms with Gasteiger partial charge in [-0.3, -0.25) is 10.3 Å². The number of rotatable bonds is 3. The van der Waals surface area contributed by atoms with Crippen molar-refractivity contribution in [1.29, 1.82) is 0 Å². The second-order valence-corrected chi connectivity index (χ2v) is 7.68. The number of hydrogen-bond acceptors (Lipinski definition) is 4. The summed E-state index contributed by atoms with van der Waals surface area (Å²) in [7, 11) is 0. The van der Waals surface area contributed by atoms with Crippen LogP contribution in [0.15, 0.2) is 30.5 Å². The molecule has 1 aromatic carbocycles. The molecule has 0 bridgehead atoms. The van der Waals surface area contributed by atoms with Crippen LogP contribution in [0.5, 0.6) is 0 Å². The number of nitrogens with zero attached hydrogens (tertiary/aromatic N) is 2.